The fourth-order valence-corrected chi connectivity index (χ4v) is 3.61. The van der Waals surface area contributed by atoms with E-state index < -0.39 is 0 Å². The van der Waals surface area contributed by atoms with Crippen LogP contribution in [-0.4, -0.2) is 74.8 Å². The van der Waals surface area contributed by atoms with Gasteiger partial charge in [0.15, 0.2) is 5.96 Å². The van der Waals surface area contributed by atoms with E-state index in [9.17, 15) is 0 Å². The molecular weight excluding hydrogens is 288 g/mol. The SMILES string of the molecule is CCNC(=NCCCN1CCOCC1)N1CCC(CC(C)C)C1. The zero-order valence-corrected chi connectivity index (χ0v) is 15.4. The molecule has 0 aromatic rings. The summed E-state index contributed by atoms with van der Waals surface area (Å²) in [5.74, 6) is 2.76. The van der Waals surface area contributed by atoms with E-state index in [1.165, 1.54) is 19.4 Å². The normalized spacial score (nSPS) is 23.7. The van der Waals surface area contributed by atoms with Crippen molar-refractivity contribution in [3.63, 3.8) is 0 Å². The molecule has 23 heavy (non-hydrogen) atoms. The van der Waals surface area contributed by atoms with Crippen LogP contribution in [0.3, 0.4) is 0 Å². The van der Waals surface area contributed by atoms with Gasteiger partial charge < -0.3 is 15.0 Å². The highest BCUT2D eigenvalue weighted by Crippen LogP contribution is 2.23. The van der Waals surface area contributed by atoms with Gasteiger partial charge in [0, 0.05) is 45.8 Å². The fourth-order valence-electron chi connectivity index (χ4n) is 3.61. The van der Waals surface area contributed by atoms with E-state index in [-0.39, 0.29) is 0 Å². The van der Waals surface area contributed by atoms with Crippen LogP contribution in [0.4, 0.5) is 0 Å². The highest BCUT2D eigenvalue weighted by molar-refractivity contribution is 5.80. The number of aliphatic imine (C=N–C) groups is 1. The van der Waals surface area contributed by atoms with Crippen LogP contribution in [0.1, 0.15) is 40.0 Å². The predicted octanol–water partition coefficient (Wildman–Crippen LogP) is 2.04. The first kappa shape index (κ1) is 18.5. The van der Waals surface area contributed by atoms with Gasteiger partial charge in [-0.15, -0.1) is 0 Å². The molecule has 2 heterocycles. The molecule has 0 aromatic carbocycles. The minimum Gasteiger partial charge on any atom is -0.379 e. The zero-order valence-electron chi connectivity index (χ0n) is 15.4. The average molecular weight is 325 g/mol. The monoisotopic (exact) mass is 324 g/mol. The van der Waals surface area contributed by atoms with E-state index in [2.05, 4.69) is 35.9 Å². The lowest BCUT2D eigenvalue weighted by Crippen LogP contribution is -2.40. The molecule has 0 spiro atoms. The Morgan fingerprint density at radius 2 is 2.04 bits per heavy atom. The molecule has 0 saturated carbocycles. The van der Waals surface area contributed by atoms with Crippen LogP contribution in [-0.2, 0) is 4.74 Å². The summed E-state index contributed by atoms with van der Waals surface area (Å²) in [7, 11) is 0. The Morgan fingerprint density at radius 3 is 2.74 bits per heavy atom. The Morgan fingerprint density at radius 1 is 1.26 bits per heavy atom. The van der Waals surface area contributed by atoms with Gasteiger partial charge in [0.05, 0.1) is 13.2 Å². The Bertz CT molecular complexity index is 353. The third-order valence-corrected chi connectivity index (χ3v) is 4.72. The molecular formula is C18H36N4O. The summed E-state index contributed by atoms with van der Waals surface area (Å²) in [6, 6.07) is 0. The standard InChI is InChI=1S/C18H36N4O/c1-4-19-18(22-9-6-17(15-22)14-16(2)3)20-7-5-8-21-10-12-23-13-11-21/h16-17H,4-15H2,1-3H3,(H,19,20). The molecule has 1 unspecified atom stereocenters. The summed E-state index contributed by atoms with van der Waals surface area (Å²) >= 11 is 0. The van der Waals surface area contributed by atoms with Gasteiger partial charge in [-0.25, -0.2) is 0 Å². The topological polar surface area (TPSA) is 40.1 Å². The van der Waals surface area contributed by atoms with Crippen LogP contribution in [0.2, 0.25) is 0 Å². The van der Waals surface area contributed by atoms with Crippen molar-refractivity contribution in [2.24, 2.45) is 16.8 Å². The van der Waals surface area contributed by atoms with Gasteiger partial charge in [0.25, 0.3) is 0 Å². The summed E-state index contributed by atoms with van der Waals surface area (Å²) in [4.78, 5) is 9.82. The first-order chi connectivity index (χ1) is 11.2. The summed E-state index contributed by atoms with van der Waals surface area (Å²) in [5.41, 5.74) is 0. The van der Waals surface area contributed by atoms with Crippen LogP contribution in [0.25, 0.3) is 0 Å². The van der Waals surface area contributed by atoms with Crippen LogP contribution in [0, 0.1) is 11.8 Å². The molecule has 2 aliphatic heterocycles. The second-order valence-electron chi connectivity index (χ2n) is 7.27. The maximum atomic E-state index is 5.40. The number of nitrogens with one attached hydrogen (secondary N) is 1. The van der Waals surface area contributed by atoms with Gasteiger partial charge in [-0.1, -0.05) is 13.8 Å². The van der Waals surface area contributed by atoms with Gasteiger partial charge in [0.2, 0.25) is 0 Å². The Hall–Kier alpha value is -0.810. The van der Waals surface area contributed by atoms with Crippen molar-refractivity contribution < 1.29 is 4.74 Å². The molecule has 1 atom stereocenters. The molecule has 134 valence electrons. The molecule has 0 radical (unpaired) electrons. The highest BCUT2D eigenvalue weighted by atomic mass is 16.5. The third kappa shape index (κ3) is 6.68. The van der Waals surface area contributed by atoms with Crippen molar-refractivity contribution >= 4 is 5.96 Å². The maximum Gasteiger partial charge on any atom is 0.193 e. The summed E-state index contributed by atoms with van der Waals surface area (Å²) in [6.07, 6.45) is 3.79. The van der Waals surface area contributed by atoms with E-state index in [0.717, 1.165) is 76.7 Å². The van der Waals surface area contributed by atoms with Gasteiger partial charge in [-0.05, 0) is 38.0 Å². The number of ether oxygens (including phenoxy) is 1. The lowest BCUT2D eigenvalue weighted by molar-refractivity contribution is 0.0377. The fraction of sp³-hybridized carbons (Fsp3) is 0.944. The van der Waals surface area contributed by atoms with Gasteiger partial charge >= 0.3 is 0 Å². The lowest BCUT2D eigenvalue weighted by Gasteiger charge is -2.26. The number of nitrogens with zero attached hydrogens (tertiary/aromatic N) is 3. The number of hydrogen-bond acceptors (Lipinski definition) is 3. The minimum absolute atomic E-state index is 0.799. The smallest absolute Gasteiger partial charge is 0.193 e. The minimum atomic E-state index is 0.799. The molecule has 5 nitrogen and oxygen atoms in total. The second kappa shape index (κ2) is 10.1. The largest absolute Gasteiger partial charge is 0.379 e. The van der Waals surface area contributed by atoms with E-state index in [4.69, 9.17) is 9.73 Å². The molecule has 0 bridgehead atoms. The number of hydrogen-bond donors (Lipinski definition) is 1. The van der Waals surface area contributed by atoms with Crippen LogP contribution in [0.5, 0.6) is 0 Å². The summed E-state index contributed by atoms with van der Waals surface area (Å²) < 4.78 is 5.40. The van der Waals surface area contributed by atoms with E-state index >= 15 is 0 Å². The Labute approximate surface area is 142 Å². The molecule has 0 amide bonds. The van der Waals surface area contributed by atoms with Crippen LogP contribution < -0.4 is 5.32 Å². The average Bonchev–Trinajstić information content (AvgIpc) is 2.99. The quantitative estimate of drug-likeness (QED) is 0.442. The molecule has 2 rings (SSSR count). The Kier molecular flexibility index (Phi) is 8.17. The first-order valence-corrected chi connectivity index (χ1v) is 9.52. The van der Waals surface area contributed by atoms with Crippen LogP contribution >= 0.6 is 0 Å². The predicted molar refractivity (Wildman–Crippen MR) is 97.0 cm³/mol. The van der Waals surface area contributed by atoms with E-state index in [1.807, 2.05) is 0 Å². The molecule has 5 heteroatoms. The van der Waals surface area contributed by atoms with E-state index in [0.29, 0.717) is 0 Å². The number of rotatable bonds is 7. The summed E-state index contributed by atoms with van der Waals surface area (Å²) in [5, 5.41) is 3.48. The molecule has 0 aromatic heterocycles. The molecule has 1 N–H and O–H groups in total. The van der Waals surface area contributed by atoms with Gasteiger partial charge in [-0.3, -0.25) is 9.89 Å². The van der Waals surface area contributed by atoms with Gasteiger partial charge in [-0.2, -0.15) is 0 Å². The van der Waals surface area contributed by atoms with Gasteiger partial charge in [0.1, 0.15) is 0 Å². The van der Waals surface area contributed by atoms with Crippen molar-refractivity contribution in [2.75, 3.05) is 59.0 Å². The maximum absolute atomic E-state index is 5.40. The van der Waals surface area contributed by atoms with Crippen molar-refractivity contribution in [3.8, 4) is 0 Å². The third-order valence-electron chi connectivity index (χ3n) is 4.72. The first-order valence-electron chi connectivity index (χ1n) is 9.52. The molecule has 0 aliphatic carbocycles. The number of likely N-dealkylation sites (tertiary alicyclic amines) is 1. The number of morpholine rings is 1. The number of guanidine groups is 1. The Balaban J connectivity index is 1.73. The van der Waals surface area contributed by atoms with Crippen molar-refractivity contribution in [1.29, 1.82) is 0 Å². The summed E-state index contributed by atoms with van der Waals surface area (Å²) in [6.45, 7) is 16.1. The zero-order chi connectivity index (χ0) is 16.5. The van der Waals surface area contributed by atoms with Crippen molar-refractivity contribution in [3.05, 3.63) is 0 Å². The van der Waals surface area contributed by atoms with E-state index in [1.54, 1.807) is 0 Å². The lowest BCUT2D eigenvalue weighted by atomic mass is 9.97. The van der Waals surface area contributed by atoms with Crippen molar-refractivity contribution in [2.45, 2.75) is 40.0 Å². The van der Waals surface area contributed by atoms with Crippen molar-refractivity contribution in [1.82, 2.24) is 15.1 Å². The van der Waals surface area contributed by atoms with Crippen LogP contribution in [0.15, 0.2) is 4.99 Å². The highest BCUT2D eigenvalue weighted by Gasteiger charge is 2.25. The second-order valence-corrected chi connectivity index (χ2v) is 7.27. The molecule has 2 fully saturated rings. The molecule has 2 aliphatic rings. The molecule has 2 saturated heterocycles.